The Morgan fingerprint density at radius 2 is 1.71 bits per heavy atom. The van der Waals surface area contributed by atoms with E-state index in [1.165, 1.54) is 6.07 Å². The minimum Gasteiger partial charge on any atom is -0.454 e. The number of hydrogen-bond donors (Lipinski definition) is 0. The van der Waals surface area contributed by atoms with Gasteiger partial charge in [0.1, 0.15) is 5.75 Å². The number of benzene rings is 2. The number of halogens is 3. The minimum absolute atomic E-state index is 0.0197. The maximum absolute atomic E-state index is 13.6. The van der Waals surface area contributed by atoms with Crippen LogP contribution >= 0.6 is 31.9 Å². The molecule has 0 amide bonds. The molecule has 0 aliphatic heterocycles. The van der Waals surface area contributed by atoms with Gasteiger partial charge in [0.15, 0.2) is 11.6 Å². The average Bonchev–Trinajstić information content (AvgIpc) is 2.33. The largest absolute Gasteiger partial charge is 0.454 e. The number of rotatable bonds is 3. The Kier molecular flexibility index (Phi) is 4.18. The lowest BCUT2D eigenvalue weighted by Crippen LogP contribution is -1.90. The molecule has 0 bridgehead atoms. The summed E-state index contributed by atoms with van der Waals surface area (Å²) in [6.45, 7) is 0. The van der Waals surface area contributed by atoms with Gasteiger partial charge in [-0.2, -0.15) is 0 Å². The second-order valence-corrected chi connectivity index (χ2v) is 6.47. The highest BCUT2D eigenvalue weighted by Gasteiger charge is 2.09. The molecule has 88 valence electrons. The van der Waals surface area contributed by atoms with Gasteiger partial charge >= 0.3 is 0 Å². The fraction of sp³-hybridized carbons (Fsp3) is 0.0769. The van der Waals surface area contributed by atoms with Gasteiger partial charge in [-0.3, -0.25) is 0 Å². The summed E-state index contributed by atoms with van der Waals surface area (Å²) in [5.41, 5.74) is 0.900. The van der Waals surface area contributed by atoms with Crippen LogP contribution in [0.2, 0.25) is 0 Å². The van der Waals surface area contributed by atoms with E-state index in [0.717, 1.165) is 5.56 Å². The molecule has 1 nitrogen and oxygen atoms in total. The first-order valence-electron chi connectivity index (χ1n) is 4.97. The summed E-state index contributed by atoms with van der Waals surface area (Å²) in [5.74, 6) is 0.458. The van der Waals surface area contributed by atoms with Crippen LogP contribution in [0.25, 0.3) is 0 Å². The Labute approximate surface area is 116 Å². The van der Waals surface area contributed by atoms with Crippen molar-refractivity contribution in [2.75, 3.05) is 0 Å². The van der Waals surface area contributed by atoms with Crippen LogP contribution in [0.5, 0.6) is 11.5 Å². The summed E-state index contributed by atoms with van der Waals surface area (Å²) in [7, 11) is 0. The van der Waals surface area contributed by atoms with Crippen LogP contribution in [0.4, 0.5) is 4.39 Å². The molecule has 2 rings (SSSR count). The van der Waals surface area contributed by atoms with E-state index >= 15 is 0 Å². The maximum atomic E-state index is 13.6. The van der Waals surface area contributed by atoms with Gasteiger partial charge in [0.05, 0.1) is 3.74 Å². The SMILES string of the molecule is Fc1ccc(C(Br)Br)cc1Oc1ccccc1. The molecule has 0 N–H and O–H groups in total. The highest BCUT2D eigenvalue weighted by molar-refractivity contribution is 9.24. The Hall–Kier alpha value is -0.870. The Morgan fingerprint density at radius 1 is 1.00 bits per heavy atom. The fourth-order valence-corrected chi connectivity index (χ4v) is 1.92. The summed E-state index contributed by atoms with van der Waals surface area (Å²) in [4.78, 5) is 0. The number of alkyl halides is 2. The number of para-hydroxylation sites is 1. The molecule has 0 aliphatic carbocycles. The summed E-state index contributed by atoms with van der Waals surface area (Å²) < 4.78 is 19.0. The second kappa shape index (κ2) is 5.65. The van der Waals surface area contributed by atoms with Crippen LogP contribution in [-0.4, -0.2) is 0 Å². The molecule has 17 heavy (non-hydrogen) atoms. The topological polar surface area (TPSA) is 9.23 Å². The summed E-state index contributed by atoms with van der Waals surface area (Å²) >= 11 is 6.73. The normalized spacial score (nSPS) is 10.6. The van der Waals surface area contributed by atoms with Gasteiger partial charge in [0.2, 0.25) is 0 Å². The van der Waals surface area contributed by atoms with E-state index in [2.05, 4.69) is 31.9 Å². The molecule has 0 atom stereocenters. The predicted molar refractivity (Wildman–Crippen MR) is 73.5 cm³/mol. The van der Waals surface area contributed by atoms with Crippen molar-refractivity contribution in [1.82, 2.24) is 0 Å². The summed E-state index contributed by atoms with van der Waals surface area (Å²) in [5, 5.41) is 0. The summed E-state index contributed by atoms with van der Waals surface area (Å²) in [6, 6.07) is 13.9. The van der Waals surface area contributed by atoms with Crippen LogP contribution in [0.15, 0.2) is 48.5 Å². The standard InChI is InChI=1S/C13H9Br2FO/c14-13(15)9-6-7-11(16)12(8-9)17-10-4-2-1-3-5-10/h1-8,13H. The zero-order valence-corrected chi connectivity index (χ0v) is 11.9. The molecule has 0 unspecified atom stereocenters. The van der Waals surface area contributed by atoms with E-state index in [0.29, 0.717) is 5.75 Å². The first-order valence-corrected chi connectivity index (χ1v) is 6.80. The monoisotopic (exact) mass is 358 g/mol. The quantitative estimate of drug-likeness (QED) is 0.666. The van der Waals surface area contributed by atoms with Crippen molar-refractivity contribution in [3.05, 3.63) is 59.9 Å². The first-order chi connectivity index (χ1) is 8.16. The molecule has 0 spiro atoms. The zero-order valence-electron chi connectivity index (χ0n) is 8.74. The third-order valence-corrected chi connectivity index (χ3v) is 3.24. The van der Waals surface area contributed by atoms with Crippen LogP contribution < -0.4 is 4.74 Å². The number of hydrogen-bond acceptors (Lipinski definition) is 1. The fourth-order valence-electron chi connectivity index (χ4n) is 1.35. The van der Waals surface area contributed by atoms with E-state index < -0.39 is 0 Å². The zero-order chi connectivity index (χ0) is 12.3. The average molecular weight is 360 g/mol. The van der Waals surface area contributed by atoms with E-state index in [1.54, 1.807) is 24.3 Å². The smallest absolute Gasteiger partial charge is 0.165 e. The Balaban J connectivity index is 2.29. The van der Waals surface area contributed by atoms with Crippen molar-refractivity contribution in [2.45, 2.75) is 3.74 Å². The van der Waals surface area contributed by atoms with Gasteiger partial charge in [0, 0.05) is 0 Å². The van der Waals surface area contributed by atoms with Crippen molar-refractivity contribution in [3.63, 3.8) is 0 Å². The van der Waals surface area contributed by atoms with E-state index in [9.17, 15) is 4.39 Å². The third kappa shape index (κ3) is 3.30. The van der Waals surface area contributed by atoms with Crippen molar-refractivity contribution >= 4 is 31.9 Å². The van der Waals surface area contributed by atoms with E-state index in [1.807, 2.05) is 18.2 Å². The Morgan fingerprint density at radius 3 is 2.35 bits per heavy atom. The molecule has 0 fully saturated rings. The van der Waals surface area contributed by atoms with Crippen LogP contribution in [0.3, 0.4) is 0 Å². The molecule has 0 aromatic heterocycles. The highest BCUT2D eigenvalue weighted by Crippen LogP contribution is 2.33. The molecular weight excluding hydrogens is 351 g/mol. The van der Waals surface area contributed by atoms with Gasteiger partial charge in [0.25, 0.3) is 0 Å². The lowest BCUT2D eigenvalue weighted by Gasteiger charge is -2.09. The van der Waals surface area contributed by atoms with Crippen molar-refractivity contribution in [2.24, 2.45) is 0 Å². The molecule has 0 saturated carbocycles. The van der Waals surface area contributed by atoms with Crippen LogP contribution in [-0.2, 0) is 0 Å². The molecule has 4 heteroatoms. The van der Waals surface area contributed by atoms with Gasteiger partial charge in [-0.15, -0.1) is 0 Å². The second-order valence-electron chi connectivity index (χ2n) is 3.41. The minimum atomic E-state index is -0.377. The molecule has 0 aliphatic rings. The molecule has 2 aromatic carbocycles. The number of ether oxygens (including phenoxy) is 1. The molecule has 0 heterocycles. The van der Waals surface area contributed by atoms with Gasteiger partial charge < -0.3 is 4.74 Å². The molecule has 0 radical (unpaired) electrons. The van der Waals surface area contributed by atoms with Crippen molar-refractivity contribution in [1.29, 1.82) is 0 Å². The third-order valence-electron chi connectivity index (χ3n) is 2.18. The Bertz CT molecular complexity index is 500. The highest BCUT2D eigenvalue weighted by atomic mass is 79.9. The van der Waals surface area contributed by atoms with Crippen molar-refractivity contribution in [3.8, 4) is 11.5 Å². The molecular formula is C13H9Br2FO. The molecule has 0 saturated heterocycles. The van der Waals surface area contributed by atoms with Crippen molar-refractivity contribution < 1.29 is 9.13 Å². The van der Waals surface area contributed by atoms with Gasteiger partial charge in [-0.1, -0.05) is 56.1 Å². The van der Waals surface area contributed by atoms with Gasteiger partial charge in [-0.05, 0) is 29.8 Å². The molecule has 2 aromatic rings. The lowest BCUT2D eigenvalue weighted by atomic mass is 10.2. The van der Waals surface area contributed by atoms with E-state index in [-0.39, 0.29) is 15.3 Å². The first kappa shape index (κ1) is 12.6. The lowest BCUT2D eigenvalue weighted by molar-refractivity contribution is 0.442. The summed E-state index contributed by atoms with van der Waals surface area (Å²) in [6.07, 6.45) is 0. The van der Waals surface area contributed by atoms with Crippen LogP contribution in [0.1, 0.15) is 9.30 Å². The van der Waals surface area contributed by atoms with E-state index in [4.69, 9.17) is 4.74 Å². The van der Waals surface area contributed by atoms with Gasteiger partial charge in [-0.25, -0.2) is 4.39 Å². The maximum Gasteiger partial charge on any atom is 0.165 e. The predicted octanol–water partition coefficient (Wildman–Crippen LogP) is 5.41. The van der Waals surface area contributed by atoms with Crippen LogP contribution in [0, 0.1) is 5.82 Å².